The second-order valence-corrected chi connectivity index (χ2v) is 1.32. The highest BCUT2D eigenvalue weighted by Gasteiger charge is 2.02. The summed E-state index contributed by atoms with van der Waals surface area (Å²) >= 11 is 0. The summed E-state index contributed by atoms with van der Waals surface area (Å²) in [5.41, 5.74) is 0. The molecule has 0 saturated heterocycles. The summed E-state index contributed by atoms with van der Waals surface area (Å²) in [6.45, 7) is 1.57. The van der Waals surface area contributed by atoms with Gasteiger partial charge in [0.1, 0.15) is 5.83 Å². The van der Waals surface area contributed by atoms with Crippen LogP contribution in [0.3, 0.4) is 0 Å². The number of hydrogen-bond donors (Lipinski definition) is 0. The highest BCUT2D eigenvalue weighted by molar-refractivity contribution is 5.71. The van der Waals surface area contributed by atoms with Crippen LogP contribution in [0.5, 0.6) is 0 Å². The van der Waals surface area contributed by atoms with E-state index in [9.17, 15) is 13.6 Å². The van der Waals surface area contributed by atoms with Crippen LogP contribution in [0.2, 0.25) is 0 Å². The Hall–Kier alpha value is -0.930. The average molecular weight is 136 g/mol. The van der Waals surface area contributed by atoms with Crippen LogP contribution in [0.25, 0.3) is 0 Å². The van der Waals surface area contributed by atoms with E-state index in [1.165, 1.54) is 0 Å². The Labute approximate surface area is 51.1 Å². The number of carbonyl (C=O) groups excluding carboxylic acids is 1. The molecule has 9 heavy (non-hydrogen) atoms. The summed E-state index contributed by atoms with van der Waals surface area (Å²) in [6, 6.07) is 0. The molecule has 0 aromatic heterocycles. The van der Waals surface area contributed by atoms with Gasteiger partial charge >= 0.3 is 5.97 Å². The SMILES string of the molecule is C=C(F)CC(=O)OCF. The van der Waals surface area contributed by atoms with Crippen molar-refractivity contribution < 1.29 is 18.3 Å². The largest absolute Gasteiger partial charge is 0.433 e. The smallest absolute Gasteiger partial charge is 0.314 e. The Kier molecular flexibility index (Phi) is 3.59. The summed E-state index contributed by atoms with van der Waals surface area (Å²) in [6.07, 6.45) is -0.566. The van der Waals surface area contributed by atoms with Gasteiger partial charge in [0.15, 0.2) is 0 Å². The molecule has 4 heteroatoms. The standard InChI is InChI=1S/C5H6F2O2/c1-4(7)2-5(8)9-3-6/h1-3H2. The average Bonchev–Trinajstić information content (AvgIpc) is 1.63. The normalized spacial score (nSPS) is 8.67. The van der Waals surface area contributed by atoms with Crippen LogP contribution >= 0.6 is 0 Å². The van der Waals surface area contributed by atoms with E-state index in [2.05, 4.69) is 11.3 Å². The van der Waals surface area contributed by atoms with Crippen LogP contribution < -0.4 is 0 Å². The van der Waals surface area contributed by atoms with E-state index in [0.717, 1.165) is 0 Å². The Morgan fingerprint density at radius 1 is 1.67 bits per heavy atom. The fourth-order valence-electron chi connectivity index (χ4n) is 0.268. The zero-order chi connectivity index (χ0) is 7.28. The van der Waals surface area contributed by atoms with E-state index in [1.54, 1.807) is 0 Å². The van der Waals surface area contributed by atoms with Crippen molar-refractivity contribution in [2.75, 3.05) is 6.86 Å². The molecule has 0 heterocycles. The number of esters is 1. The molecular formula is C5H6F2O2. The summed E-state index contributed by atoms with van der Waals surface area (Å²) in [4.78, 5) is 10.1. The first-order valence-corrected chi connectivity index (χ1v) is 2.21. The monoisotopic (exact) mass is 136 g/mol. The quantitative estimate of drug-likeness (QED) is 0.547. The van der Waals surface area contributed by atoms with E-state index in [4.69, 9.17) is 0 Å². The number of carbonyl (C=O) groups is 1. The molecule has 0 aliphatic carbocycles. The maximum atomic E-state index is 11.7. The molecule has 0 fully saturated rings. The lowest BCUT2D eigenvalue weighted by Crippen LogP contribution is -2.02. The van der Waals surface area contributed by atoms with Gasteiger partial charge in [-0.15, -0.1) is 0 Å². The minimum absolute atomic E-state index is 0.566. The van der Waals surface area contributed by atoms with E-state index in [-0.39, 0.29) is 0 Å². The highest BCUT2D eigenvalue weighted by atomic mass is 19.1. The Morgan fingerprint density at radius 3 is 2.56 bits per heavy atom. The highest BCUT2D eigenvalue weighted by Crippen LogP contribution is 1.99. The molecule has 0 unspecified atom stereocenters. The minimum atomic E-state index is -1.22. The second kappa shape index (κ2) is 4.00. The third kappa shape index (κ3) is 4.93. The van der Waals surface area contributed by atoms with Crippen LogP contribution in [-0.2, 0) is 9.53 Å². The zero-order valence-electron chi connectivity index (χ0n) is 4.69. The molecule has 0 N–H and O–H groups in total. The molecule has 52 valence electrons. The number of ether oxygens (including phenoxy) is 1. The Morgan fingerprint density at radius 2 is 2.22 bits per heavy atom. The van der Waals surface area contributed by atoms with Crippen molar-refractivity contribution in [2.24, 2.45) is 0 Å². The van der Waals surface area contributed by atoms with Crippen molar-refractivity contribution in [3.63, 3.8) is 0 Å². The van der Waals surface area contributed by atoms with Gasteiger partial charge in [-0.3, -0.25) is 4.79 Å². The van der Waals surface area contributed by atoms with Gasteiger partial charge in [0, 0.05) is 0 Å². The molecule has 0 atom stereocenters. The third-order valence-electron chi connectivity index (χ3n) is 0.552. The lowest BCUT2D eigenvalue weighted by atomic mass is 10.4. The Bertz CT molecular complexity index is 122. The molecular weight excluding hydrogens is 130 g/mol. The molecule has 0 aliphatic heterocycles. The molecule has 0 aromatic carbocycles. The van der Waals surface area contributed by atoms with Gasteiger partial charge in [-0.05, 0) is 0 Å². The molecule has 2 nitrogen and oxygen atoms in total. The molecule has 0 saturated carbocycles. The lowest BCUT2D eigenvalue weighted by molar-refractivity contribution is -0.147. The van der Waals surface area contributed by atoms with Gasteiger partial charge in [-0.25, -0.2) is 8.78 Å². The first-order valence-electron chi connectivity index (χ1n) is 2.21. The van der Waals surface area contributed by atoms with Gasteiger partial charge < -0.3 is 4.74 Å². The second-order valence-electron chi connectivity index (χ2n) is 1.32. The third-order valence-corrected chi connectivity index (χ3v) is 0.552. The number of alkyl halides is 1. The van der Waals surface area contributed by atoms with Gasteiger partial charge in [-0.2, -0.15) is 0 Å². The first kappa shape index (κ1) is 8.07. The molecule has 0 spiro atoms. The van der Waals surface area contributed by atoms with E-state index >= 15 is 0 Å². The van der Waals surface area contributed by atoms with Crippen molar-refractivity contribution in [3.8, 4) is 0 Å². The van der Waals surface area contributed by atoms with Gasteiger partial charge in [0.05, 0.1) is 6.42 Å². The van der Waals surface area contributed by atoms with Crippen molar-refractivity contribution in [1.82, 2.24) is 0 Å². The minimum Gasteiger partial charge on any atom is -0.433 e. The molecule has 0 radical (unpaired) electrons. The number of halogens is 2. The number of rotatable bonds is 3. The van der Waals surface area contributed by atoms with Crippen molar-refractivity contribution >= 4 is 5.97 Å². The van der Waals surface area contributed by atoms with Crippen LogP contribution in [-0.4, -0.2) is 12.8 Å². The predicted octanol–water partition coefficient (Wildman–Crippen LogP) is 1.33. The van der Waals surface area contributed by atoms with Crippen molar-refractivity contribution in [1.29, 1.82) is 0 Å². The maximum absolute atomic E-state index is 11.7. The summed E-state index contributed by atoms with van der Waals surface area (Å²) in [7, 11) is 0. The Balaban J connectivity index is 3.39. The van der Waals surface area contributed by atoms with E-state index < -0.39 is 25.1 Å². The van der Waals surface area contributed by atoms with Gasteiger partial charge in [0.2, 0.25) is 6.86 Å². The van der Waals surface area contributed by atoms with Gasteiger partial charge in [0.25, 0.3) is 0 Å². The predicted molar refractivity (Wildman–Crippen MR) is 26.9 cm³/mol. The summed E-state index contributed by atoms with van der Waals surface area (Å²) in [5.74, 6) is -1.77. The van der Waals surface area contributed by atoms with Crippen LogP contribution in [0.4, 0.5) is 8.78 Å². The summed E-state index contributed by atoms with van der Waals surface area (Å²) < 4.78 is 26.5. The maximum Gasteiger partial charge on any atom is 0.314 e. The zero-order valence-corrected chi connectivity index (χ0v) is 4.69. The van der Waals surface area contributed by atoms with Gasteiger partial charge in [-0.1, -0.05) is 6.58 Å². The van der Waals surface area contributed by atoms with Crippen molar-refractivity contribution in [3.05, 3.63) is 12.4 Å². The van der Waals surface area contributed by atoms with Crippen LogP contribution in [0.1, 0.15) is 6.42 Å². The molecule has 0 amide bonds. The number of hydrogen-bond acceptors (Lipinski definition) is 2. The summed E-state index contributed by atoms with van der Waals surface area (Å²) in [5, 5.41) is 0. The molecule has 0 bridgehead atoms. The van der Waals surface area contributed by atoms with E-state index in [1.807, 2.05) is 0 Å². The lowest BCUT2D eigenvalue weighted by Gasteiger charge is -1.94. The van der Waals surface area contributed by atoms with Crippen LogP contribution in [0.15, 0.2) is 12.4 Å². The molecule has 0 rings (SSSR count). The van der Waals surface area contributed by atoms with E-state index in [0.29, 0.717) is 0 Å². The van der Waals surface area contributed by atoms with Crippen LogP contribution in [0, 0.1) is 0 Å². The molecule has 0 aromatic rings. The fourth-order valence-corrected chi connectivity index (χ4v) is 0.268. The molecule has 0 aliphatic rings. The fraction of sp³-hybridized carbons (Fsp3) is 0.400. The first-order chi connectivity index (χ1) is 4.16. The van der Waals surface area contributed by atoms with Crippen molar-refractivity contribution in [2.45, 2.75) is 6.42 Å². The topological polar surface area (TPSA) is 26.3 Å².